The van der Waals surface area contributed by atoms with E-state index in [2.05, 4.69) is 22.9 Å². The summed E-state index contributed by atoms with van der Waals surface area (Å²) in [6, 6.07) is 1.92. The lowest BCUT2D eigenvalue weighted by molar-refractivity contribution is 0.102. The maximum Gasteiger partial charge on any atom is 0.183 e. The van der Waals surface area contributed by atoms with Crippen molar-refractivity contribution in [3.05, 3.63) is 20.8 Å². The zero-order chi connectivity index (χ0) is 11.5. The Kier molecular flexibility index (Phi) is 4.47. The third-order valence-electron chi connectivity index (χ3n) is 2.61. The number of carbonyl (C=O) groups is 1. The van der Waals surface area contributed by atoms with E-state index in [0.717, 1.165) is 22.4 Å². The number of thiophene rings is 1. The van der Waals surface area contributed by atoms with Crippen LogP contribution in [-0.4, -0.2) is 29.5 Å². The molecule has 0 radical (unpaired) electrons. The van der Waals surface area contributed by atoms with Crippen molar-refractivity contribution in [3.8, 4) is 0 Å². The highest BCUT2D eigenvalue weighted by atomic mass is 79.9. The fraction of sp³-hybridized carbons (Fsp3) is 0.545. The van der Waals surface area contributed by atoms with Gasteiger partial charge in [-0.15, -0.1) is 23.1 Å². The van der Waals surface area contributed by atoms with Crippen LogP contribution < -0.4 is 0 Å². The van der Waals surface area contributed by atoms with E-state index in [1.807, 2.05) is 11.4 Å². The summed E-state index contributed by atoms with van der Waals surface area (Å²) in [7, 11) is 0. The maximum atomic E-state index is 11.9. The average molecular weight is 321 g/mol. The summed E-state index contributed by atoms with van der Waals surface area (Å²) in [5, 5.41) is 2.41. The molecule has 0 aliphatic carbocycles. The molecule has 1 saturated heterocycles. The van der Waals surface area contributed by atoms with E-state index >= 15 is 0 Å². The zero-order valence-electron chi connectivity index (χ0n) is 8.94. The van der Waals surface area contributed by atoms with Gasteiger partial charge in [-0.3, -0.25) is 4.79 Å². The fourth-order valence-electron chi connectivity index (χ4n) is 1.67. The number of rotatable bonds is 4. The second kappa shape index (κ2) is 5.67. The van der Waals surface area contributed by atoms with Crippen LogP contribution >= 0.6 is 39.0 Å². The van der Waals surface area contributed by atoms with E-state index in [9.17, 15) is 4.79 Å². The third-order valence-corrected chi connectivity index (χ3v) is 5.96. The van der Waals surface area contributed by atoms with Crippen LogP contribution in [0.5, 0.6) is 0 Å². The highest BCUT2D eigenvalue weighted by Crippen LogP contribution is 2.29. The Labute approximate surface area is 112 Å². The molecule has 0 amide bonds. The van der Waals surface area contributed by atoms with Crippen LogP contribution in [0.15, 0.2) is 15.9 Å². The van der Waals surface area contributed by atoms with Crippen LogP contribution in [0.2, 0.25) is 0 Å². The topological polar surface area (TPSA) is 26.3 Å². The van der Waals surface area contributed by atoms with E-state index in [1.54, 1.807) is 11.8 Å². The van der Waals surface area contributed by atoms with Gasteiger partial charge in [-0.2, -0.15) is 0 Å². The standard InChI is InChI=1S/C11H13BrO2S2/c1-7-10(2-4-14-7)16-6-9(13)11-8(12)3-5-15-11/h3,5,7,10H,2,4,6H2,1H3. The van der Waals surface area contributed by atoms with Crippen molar-refractivity contribution in [2.24, 2.45) is 0 Å². The molecule has 16 heavy (non-hydrogen) atoms. The first-order chi connectivity index (χ1) is 7.68. The van der Waals surface area contributed by atoms with Crippen molar-refractivity contribution in [1.29, 1.82) is 0 Å². The van der Waals surface area contributed by atoms with E-state index in [-0.39, 0.29) is 11.9 Å². The van der Waals surface area contributed by atoms with Crippen molar-refractivity contribution < 1.29 is 9.53 Å². The number of Topliss-reactive ketones (excluding diaryl/α,β-unsaturated/α-hetero) is 1. The Morgan fingerprint density at radius 2 is 2.56 bits per heavy atom. The number of carbonyl (C=O) groups excluding carboxylic acids is 1. The molecule has 2 nitrogen and oxygen atoms in total. The summed E-state index contributed by atoms with van der Waals surface area (Å²) in [6.45, 7) is 2.91. The van der Waals surface area contributed by atoms with Crippen molar-refractivity contribution >= 4 is 44.8 Å². The largest absolute Gasteiger partial charge is 0.377 e. The summed E-state index contributed by atoms with van der Waals surface area (Å²) < 4.78 is 6.39. The van der Waals surface area contributed by atoms with E-state index in [0.29, 0.717) is 11.0 Å². The molecule has 0 aromatic carbocycles. The fourth-order valence-corrected chi connectivity index (χ4v) is 4.42. The first-order valence-electron chi connectivity index (χ1n) is 5.18. The van der Waals surface area contributed by atoms with Crippen molar-refractivity contribution in [2.75, 3.05) is 12.4 Å². The number of ketones is 1. The molecule has 2 atom stereocenters. The van der Waals surface area contributed by atoms with E-state index in [4.69, 9.17) is 4.74 Å². The van der Waals surface area contributed by atoms with Crippen LogP contribution in [0, 0.1) is 0 Å². The van der Waals surface area contributed by atoms with Crippen LogP contribution in [0.25, 0.3) is 0 Å². The van der Waals surface area contributed by atoms with Crippen LogP contribution in [0.4, 0.5) is 0 Å². The molecule has 2 heterocycles. The maximum absolute atomic E-state index is 11.9. The molecular weight excluding hydrogens is 308 g/mol. The number of ether oxygens (including phenoxy) is 1. The first-order valence-corrected chi connectivity index (χ1v) is 7.90. The molecule has 1 aromatic heterocycles. The number of thioether (sulfide) groups is 1. The van der Waals surface area contributed by atoms with Crippen molar-refractivity contribution in [2.45, 2.75) is 24.7 Å². The molecule has 1 aromatic rings. The average Bonchev–Trinajstić information content (AvgIpc) is 2.84. The highest BCUT2D eigenvalue weighted by molar-refractivity contribution is 9.10. The summed E-state index contributed by atoms with van der Waals surface area (Å²) in [5.41, 5.74) is 0. The smallest absolute Gasteiger partial charge is 0.183 e. The van der Waals surface area contributed by atoms with Crippen LogP contribution in [0.1, 0.15) is 23.0 Å². The van der Waals surface area contributed by atoms with Crippen LogP contribution in [0.3, 0.4) is 0 Å². The quantitative estimate of drug-likeness (QED) is 0.793. The van der Waals surface area contributed by atoms with Gasteiger partial charge in [0.15, 0.2) is 5.78 Å². The molecule has 1 aliphatic heterocycles. The predicted octanol–water partition coefficient (Wildman–Crippen LogP) is 3.60. The molecule has 0 bridgehead atoms. The Morgan fingerprint density at radius 1 is 1.75 bits per heavy atom. The summed E-state index contributed by atoms with van der Waals surface area (Å²) in [6.07, 6.45) is 1.34. The van der Waals surface area contributed by atoms with Gasteiger partial charge in [0.25, 0.3) is 0 Å². The predicted molar refractivity (Wildman–Crippen MR) is 72.6 cm³/mol. The molecule has 5 heteroatoms. The Bertz CT molecular complexity index is 378. The summed E-state index contributed by atoms with van der Waals surface area (Å²) >= 11 is 6.61. The zero-order valence-corrected chi connectivity index (χ0v) is 12.2. The SMILES string of the molecule is CC1OCCC1SCC(=O)c1sccc1Br. The normalized spacial score (nSPS) is 24.9. The number of halogens is 1. The van der Waals surface area contributed by atoms with Gasteiger partial charge in [0.2, 0.25) is 0 Å². The Hall–Kier alpha value is 0.160. The molecule has 88 valence electrons. The summed E-state index contributed by atoms with van der Waals surface area (Å²) in [4.78, 5) is 12.7. The molecule has 2 unspecified atom stereocenters. The van der Waals surface area contributed by atoms with Gasteiger partial charge in [0, 0.05) is 16.3 Å². The minimum Gasteiger partial charge on any atom is -0.377 e. The third kappa shape index (κ3) is 2.88. The minimum absolute atomic E-state index is 0.214. The Balaban J connectivity index is 1.86. The monoisotopic (exact) mass is 320 g/mol. The molecule has 1 fully saturated rings. The summed E-state index contributed by atoms with van der Waals surface area (Å²) in [5.74, 6) is 0.767. The van der Waals surface area contributed by atoms with Gasteiger partial charge in [-0.25, -0.2) is 0 Å². The molecule has 0 saturated carbocycles. The van der Waals surface area contributed by atoms with Gasteiger partial charge in [-0.05, 0) is 40.7 Å². The molecule has 1 aliphatic rings. The van der Waals surface area contributed by atoms with E-state index < -0.39 is 0 Å². The van der Waals surface area contributed by atoms with Crippen molar-refractivity contribution in [1.82, 2.24) is 0 Å². The highest BCUT2D eigenvalue weighted by Gasteiger charge is 2.25. The molecule has 2 rings (SSSR count). The first kappa shape index (κ1) is 12.6. The second-order valence-corrected chi connectivity index (χ2v) is 6.73. The van der Waals surface area contributed by atoms with Gasteiger partial charge in [-0.1, -0.05) is 0 Å². The van der Waals surface area contributed by atoms with E-state index in [1.165, 1.54) is 11.3 Å². The molecular formula is C11H13BrO2S2. The van der Waals surface area contributed by atoms with Crippen LogP contribution in [-0.2, 0) is 4.74 Å². The molecule has 0 spiro atoms. The number of hydrogen-bond donors (Lipinski definition) is 0. The lowest BCUT2D eigenvalue weighted by atomic mass is 10.3. The molecule has 0 N–H and O–H groups in total. The van der Waals surface area contributed by atoms with Crippen molar-refractivity contribution in [3.63, 3.8) is 0 Å². The lowest BCUT2D eigenvalue weighted by Gasteiger charge is -2.12. The second-order valence-electron chi connectivity index (χ2n) is 3.73. The van der Waals surface area contributed by atoms with Gasteiger partial charge in [0.05, 0.1) is 16.7 Å². The van der Waals surface area contributed by atoms with Gasteiger partial charge >= 0.3 is 0 Å². The van der Waals surface area contributed by atoms with Gasteiger partial charge < -0.3 is 4.74 Å². The lowest BCUT2D eigenvalue weighted by Crippen LogP contribution is -2.16. The number of hydrogen-bond acceptors (Lipinski definition) is 4. The minimum atomic E-state index is 0.214. The van der Waals surface area contributed by atoms with Gasteiger partial charge in [0.1, 0.15) is 0 Å². The Morgan fingerprint density at radius 3 is 3.12 bits per heavy atom.